The van der Waals surface area contributed by atoms with Gasteiger partial charge in [-0.25, -0.2) is 0 Å². The van der Waals surface area contributed by atoms with Crippen molar-refractivity contribution < 1.29 is 9.90 Å². The molecule has 0 aliphatic rings. The second-order valence-corrected chi connectivity index (χ2v) is 7.54. The van der Waals surface area contributed by atoms with E-state index in [1.165, 1.54) is 89.9 Å². The topological polar surface area (TPSA) is 76.6 Å². The van der Waals surface area contributed by atoms with Crippen LogP contribution in [0.4, 0.5) is 0 Å². The van der Waals surface area contributed by atoms with E-state index in [1.54, 1.807) is 0 Å². The minimum Gasteiger partial charge on any atom is -0.550 e. The fourth-order valence-corrected chi connectivity index (χ4v) is 3.43. The van der Waals surface area contributed by atoms with Gasteiger partial charge >= 0.3 is 0 Å². The van der Waals surface area contributed by atoms with E-state index >= 15 is 0 Å². The molecule has 0 saturated carbocycles. The molecule has 0 atom stereocenters. The van der Waals surface area contributed by atoms with Gasteiger partial charge in [0.05, 0.1) is 0 Å². The highest BCUT2D eigenvalue weighted by Crippen LogP contribution is 2.19. The number of aliphatic carboxylic acids is 1. The molecule has 25 heavy (non-hydrogen) atoms. The number of carbonyl (C=O) groups excluding carboxylic acids is 1. The molecule has 0 radical (unpaired) electrons. The first-order valence-electron chi connectivity index (χ1n) is 10.9. The van der Waals surface area contributed by atoms with E-state index in [0.29, 0.717) is 0 Å². The van der Waals surface area contributed by atoms with Crippen LogP contribution in [0.1, 0.15) is 129 Å². The quantitative estimate of drug-likeness (QED) is 0.258. The van der Waals surface area contributed by atoms with Crippen molar-refractivity contribution in [3.05, 3.63) is 0 Å². The average Bonchev–Trinajstić information content (AvgIpc) is 2.57. The minimum atomic E-state index is -0.819. The summed E-state index contributed by atoms with van der Waals surface area (Å²) >= 11 is 0. The first-order valence-corrected chi connectivity index (χ1v) is 10.9. The lowest BCUT2D eigenvalue weighted by Crippen LogP contribution is -2.31. The van der Waals surface area contributed by atoms with Crippen LogP contribution in [0.3, 0.4) is 0 Å². The fourth-order valence-electron chi connectivity index (χ4n) is 3.43. The van der Waals surface area contributed by atoms with Crippen LogP contribution in [0.2, 0.25) is 0 Å². The summed E-state index contributed by atoms with van der Waals surface area (Å²) in [5.41, 5.74) is 0. The average molecular weight is 358 g/mol. The monoisotopic (exact) mass is 357 g/mol. The van der Waals surface area contributed by atoms with Gasteiger partial charge in [-0.1, -0.05) is 117 Å². The predicted molar refractivity (Wildman–Crippen MR) is 109 cm³/mol. The van der Waals surface area contributed by atoms with Gasteiger partial charge < -0.3 is 16.1 Å². The van der Waals surface area contributed by atoms with Crippen molar-refractivity contribution >= 4 is 5.97 Å². The molecule has 0 aliphatic heterocycles. The first kappa shape index (κ1) is 26.7. The third-order valence-corrected chi connectivity index (χ3v) is 5.15. The molecule has 0 aromatic carbocycles. The lowest BCUT2D eigenvalue weighted by atomic mass is 9.94. The maximum absolute atomic E-state index is 11.3. The standard InChI is InChI=1S/C22H44O2.H3N/c1-3-5-7-9-11-13-15-17-19-21(22(23)24)20-18-16-14-12-10-8-6-4-2;/h21H,3-20H2,1-2H3,(H,23,24);1H3. The van der Waals surface area contributed by atoms with E-state index in [9.17, 15) is 9.90 Å². The lowest BCUT2D eigenvalue weighted by molar-refractivity contribution is -0.312. The van der Waals surface area contributed by atoms with Crippen molar-refractivity contribution in [2.24, 2.45) is 5.92 Å². The minimum absolute atomic E-state index is 0. The smallest absolute Gasteiger partial charge is 0.0445 e. The molecule has 0 heterocycles. The Morgan fingerprint density at radius 1 is 0.600 bits per heavy atom. The van der Waals surface area contributed by atoms with Crippen LogP contribution >= 0.6 is 0 Å². The summed E-state index contributed by atoms with van der Waals surface area (Å²) in [5.74, 6) is -1.02. The molecular formula is C22H47NO2. The maximum atomic E-state index is 11.3. The number of rotatable bonds is 19. The molecule has 3 heteroatoms. The number of unbranched alkanes of at least 4 members (excludes halogenated alkanes) is 14. The summed E-state index contributed by atoms with van der Waals surface area (Å²) in [6.45, 7) is 4.49. The molecule has 0 rings (SSSR count). The van der Waals surface area contributed by atoms with E-state index in [-0.39, 0.29) is 12.1 Å². The summed E-state index contributed by atoms with van der Waals surface area (Å²) < 4.78 is 0. The van der Waals surface area contributed by atoms with Crippen LogP contribution in [0.25, 0.3) is 0 Å². The number of hydrogen-bond acceptors (Lipinski definition) is 2. The molecule has 0 fully saturated rings. The third kappa shape index (κ3) is 19.6. The van der Waals surface area contributed by atoms with E-state index in [0.717, 1.165) is 25.7 Å². The Labute approximate surface area is 157 Å². The Morgan fingerprint density at radius 3 is 1.16 bits per heavy atom. The zero-order valence-electron chi connectivity index (χ0n) is 17.6. The summed E-state index contributed by atoms with van der Waals surface area (Å²) in [6.07, 6.45) is 22.0. The predicted octanol–water partition coefficient (Wildman–Crippen LogP) is 6.79. The van der Waals surface area contributed by atoms with Crippen molar-refractivity contribution in [2.75, 3.05) is 0 Å². The number of carboxylic acids is 1. The lowest BCUT2D eigenvalue weighted by Gasteiger charge is -2.17. The van der Waals surface area contributed by atoms with Crippen LogP contribution in [-0.2, 0) is 4.79 Å². The summed E-state index contributed by atoms with van der Waals surface area (Å²) in [6, 6.07) is 0. The summed E-state index contributed by atoms with van der Waals surface area (Å²) in [7, 11) is 0. The van der Waals surface area contributed by atoms with Gasteiger partial charge in [-0.05, 0) is 18.8 Å². The second kappa shape index (κ2) is 21.5. The Kier molecular flexibility index (Phi) is 22.9. The molecule has 152 valence electrons. The van der Waals surface area contributed by atoms with Crippen molar-refractivity contribution in [1.29, 1.82) is 0 Å². The Hall–Kier alpha value is -0.570. The van der Waals surface area contributed by atoms with Gasteiger partial charge in [-0.3, -0.25) is 0 Å². The molecule has 0 saturated heterocycles. The molecule has 0 aromatic heterocycles. The van der Waals surface area contributed by atoms with Crippen LogP contribution in [0.5, 0.6) is 0 Å². The molecule has 0 amide bonds. The zero-order chi connectivity index (χ0) is 17.9. The van der Waals surface area contributed by atoms with Crippen molar-refractivity contribution in [3.63, 3.8) is 0 Å². The van der Waals surface area contributed by atoms with Gasteiger partial charge in [-0.15, -0.1) is 0 Å². The highest BCUT2D eigenvalue weighted by molar-refractivity contribution is 5.67. The molecule has 0 spiro atoms. The second-order valence-electron chi connectivity index (χ2n) is 7.54. The first-order chi connectivity index (χ1) is 11.7. The van der Waals surface area contributed by atoms with Crippen LogP contribution in [0.15, 0.2) is 0 Å². The maximum Gasteiger partial charge on any atom is 0.0445 e. The molecular weight excluding hydrogens is 310 g/mol. The number of carboxylic acid groups (broad SMARTS) is 1. The molecule has 3 nitrogen and oxygen atoms in total. The van der Waals surface area contributed by atoms with Crippen LogP contribution in [0, 0.1) is 5.92 Å². The third-order valence-electron chi connectivity index (χ3n) is 5.15. The Bertz CT molecular complexity index is 249. The summed E-state index contributed by atoms with van der Waals surface area (Å²) in [5, 5.41) is 11.3. The zero-order valence-corrected chi connectivity index (χ0v) is 17.6. The van der Waals surface area contributed by atoms with Gasteiger partial charge in [0.15, 0.2) is 0 Å². The molecule has 0 aromatic rings. The highest BCUT2D eigenvalue weighted by atomic mass is 16.4. The van der Waals surface area contributed by atoms with Crippen molar-refractivity contribution in [1.82, 2.24) is 6.15 Å². The summed E-state index contributed by atoms with van der Waals surface area (Å²) in [4.78, 5) is 11.3. The molecule has 0 bridgehead atoms. The highest BCUT2D eigenvalue weighted by Gasteiger charge is 2.09. The normalized spacial score (nSPS) is 10.8. The van der Waals surface area contributed by atoms with Gasteiger partial charge in [0.1, 0.15) is 0 Å². The van der Waals surface area contributed by atoms with Crippen LogP contribution < -0.4 is 11.3 Å². The van der Waals surface area contributed by atoms with Crippen molar-refractivity contribution in [2.45, 2.75) is 129 Å². The Morgan fingerprint density at radius 2 is 0.880 bits per heavy atom. The Balaban J connectivity index is 0. The number of quaternary nitrogens is 1. The van der Waals surface area contributed by atoms with Crippen LogP contribution in [-0.4, -0.2) is 5.97 Å². The van der Waals surface area contributed by atoms with E-state index in [2.05, 4.69) is 13.8 Å². The van der Waals surface area contributed by atoms with Gasteiger partial charge in [0, 0.05) is 5.97 Å². The molecule has 0 unspecified atom stereocenters. The van der Waals surface area contributed by atoms with E-state index < -0.39 is 5.97 Å². The SMILES string of the molecule is CCCCCCCCCCC(CCCCCCCCCC)C(=O)[O-].[NH4+]. The number of hydrogen-bond donors (Lipinski definition) is 1. The number of carbonyl (C=O) groups is 1. The largest absolute Gasteiger partial charge is 0.550 e. The van der Waals surface area contributed by atoms with E-state index in [1.807, 2.05) is 0 Å². The van der Waals surface area contributed by atoms with Gasteiger partial charge in [0.25, 0.3) is 0 Å². The van der Waals surface area contributed by atoms with Crippen molar-refractivity contribution in [3.8, 4) is 0 Å². The van der Waals surface area contributed by atoms with Gasteiger partial charge in [-0.2, -0.15) is 0 Å². The van der Waals surface area contributed by atoms with Gasteiger partial charge in [0.2, 0.25) is 0 Å². The molecule has 0 aliphatic carbocycles. The van der Waals surface area contributed by atoms with E-state index in [4.69, 9.17) is 0 Å². The molecule has 4 N–H and O–H groups in total. The fraction of sp³-hybridized carbons (Fsp3) is 0.955.